The average Bonchev–Trinajstić information content (AvgIpc) is 2.94. The Hall–Kier alpha value is -1.64. The van der Waals surface area contributed by atoms with Gasteiger partial charge < -0.3 is 5.32 Å². The van der Waals surface area contributed by atoms with Gasteiger partial charge in [-0.2, -0.15) is 0 Å². The molecule has 1 saturated heterocycles. The monoisotopic (exact) mass is 280 g/mol. The maximum Gasteiger partial charge on any atom is 0.0234 e. The molecule has 1 N–H and O–H groups in total. The van der Waals surface area contributed by atoms with Crippen molar-refractivity contribution in [1.29, 1.82) is 0 Å². The van der Waals surface area contributed by atoms with Gasteiger partial charge in [0.25, 0.3) is 0 Å². The van der Waals surface area contributed by atoms with Gasteiger partial charge in [0.15, 0.2) is 0 Å². The van der Waals surface area contributed by atoms with Gasteiger partial charge in [0.2, 0.25) is 0 Å². The van der Waals surface area contributed by atoms with Gasteiger partial charge in [0.1, 0.15) is 0 Å². The Morgan fingerprint density at radius 3 is 2.67 bits per heavy atom. The van der Waals surface area contributed by atoms with Crippen molar-refractivity contribution in [1.82, 2.24) is 10.2 Å². The molecule has 3 rings (SSSR count). The number of likely N-dealkylation sites (tertiary alicyclic amines) is 1. The average molecular weight is 280 g/mol. The SMILES string of the molecule is Cc1cccc(CN[C@@H]2CCN(Cc3ccccc3)C2)c1. The van der Waals surface area contributed by atoms with Crippen LogP contribution < -0.4 is 5.32 Å². The summed E-state index contributed by atoms with van der Waals surface area (Å²) < 4.78 is 0. The van der Waals surface area contributed by atoms with Gasteiger partial charge in [-0.05, 0) is 24.5 Å². The first-order valence-electron chi connectivity index (χ1n) is 7.85. The van der Waals surface area contributed by atoms with Gasteiger partial charge >= 0.3 is 0 Å². The fraction of sp³-hybridized carbons (Fsp3) is 0.368. The minimum absolute atomic E-state index is 0.620. The van der Waals surface area contributed by atoms with Crippen molar-refractivity contribution >= 4 is 0 Å². The molecule has 1 fully saturated rings. The van der Waals surface area contributed by atoms with Gasteiger partial charge in [-0.1, -0.05) is 60.2 Å². The molecule has 0 aromatic heterocycles. The molecule has 0 unspecified atom stereocenters. The van der Waals surface area contributed by atoms with Crippen LogP contribution in [0.3, 0.4) is 0 Å². The summed E-state index contributed by atoms with van der Waals surface area (Å²) in [4.78, 5) is 2.54. The highest BCUT2D eigenvalue weighted by Gasteiger charge is 2.21. The second-order valence-electron chi connectivity index (χ2n) is 6.08. The first-order chi connectivity index (χ1) is 10.3. The number of hydrogen-bond acceptors (Lipinski definition) is 2. The highest BCUT2D eigenvalue weighted by Crippen LogP contribution is 2.14. The highest BCUT2D eigenvalue weighted by molar-refractivity contribution is 5.22. The number of nitrogens with one attached hydrogen (secondary N) is 1. The largest absolute Gasteiger partial charge is 0.309 e. The third-order valence-corrected chi connectivity index (χ3v) is 4.20. The molecule has 0 aliphatic carbocycles. The van der Waals surface area contributed by atoms with E-state index in [9.17, 15) is 0 Å². The Bertz CT molecular complexity index is 565. The van der Waals surface area contributed by atoms with Crippen molar-refractivity contribution in [3.63, 3.8) is 0 Å². The lowest BCUT2D eigenvalue weighted by atomic mass is 10.1. The molecule has 1 heterocycles. The van der Waals surface area contributed by atoms with E-state index in [2.05, 4.69) is 71.7 Å². The number of rotatable bonds is 5. The Labute approximate surface area is 127 Å². The van der Waals surface area contributed by atoms with Gasteiger partial charge in [0.05, 0.1) is 0 Å². The van der Waals surface area contributed by atoms with E-state index in [1.165, 1.54) is 29.7 Å². The van der Waals surface area contributed by atoms with E-state index in [-0.39, 0.29) is 0 Å². The van der Waals surface area contributed by atoms with Crippen molar-refractivity contribution in [2.24, 2.45) is 0 Å². The molecule has 0 saturated carbocycles. The topological polar surface area (TPSA) is 15.3 Å². The van der Waals surface area contributed by atoms with Crippen molar-refractivity contribution in [2.45, 2.75) is 32.5 Å². The first kappa shape index (κ1) is 14.3. The Morgan fingerprint density at radius 2 is 1.86 bits per heavy atom. The number of nitrogens with zero attached hydrogens (tertiary/aromatic N) is 1. The Kier molecular flexibility index (Phi) is 4.69. The zero-order chi connectivity index (χ0) is 14.5. The molecule has 1 atom stereocenters. The lowest BCUT2D eigenvalue weighted by Crippen LogP contribution is -2.31. The van der Waals surface area contributed by atoms with Crippen molar-refractivity contribution in [2.75, 3.05) is 13.1 Å². The van der Waals surface area contributed by atoms with Crippen LogP contribution in [0, 0.1) is 6.92 Å². The lowest BCUT2D eigenvalue weighted by molar-refractivity contribution is 0.320. The van der Waals surface area contributed by atoms with Crippen LogP contribution in [-0.2, 0) is 13.1 Å². The maximum atomic E-state index is 3.70. The van der Waals surface area contributed by atoms with E-state index < -0.39 is 0 Å². The van der Waals surface area contributed by atoms with Crippen LogP contribution in [0.1, 0.15) is 23.1 Å². The zero-order valence-corrected chi connectivity index (χ0v) is 12.8. The van der Waals surface area contributed by atoms with Crippen LogP contribution in [0.2, 0.25) is 0 Å². The molecule has 2 heteroatoms. The molecule has 2 nitrogen and oxygen atoms in total. The summed E-state index contributed by atoms with van der Waals surface area (Å²) in [7, 11) is 0. The van der Waals surface area contributed by atoms with E-state index >= 15 is 0 Å². The minimum Gasteiger partial charge on any atom is -0.309 e. The fourth-order valence-electron chi connectivity index (χ4n) is 3.07. The molecule has 110 valence electrons. The van der Waals surface area contributed by atoms with Gasteiger partial charge in [-0.15, -0.1) is 0 Å². The standard InChI is InChI=1S/C19H24N2/c1-16-6-5-9-18(12-16)13-20-19-10-11-21(15-19)14-17-7-3-2-4-8-17/h2-9,12,19-20H,10-11,13-15H2,1H3/t19-/m1/s1. The zero-order valence-electron chi connectivity index (χ0n) is 12.8. The molecular weight excluding hydrogens is 256 g/mol. The fourth-order valence-corrected chi connectivity index (χ4v) is 3.07. The molecule has 1 aliphatic rings. The lowest BCUT2D eigenvalue weighted by Gasteiger charge is -2.17. The van der Waals surface area contributed by atoms with E-state index in [0.717, 1.165) is 19.6 Å². The van der Waals surface area contributed by atoms with Crippen molar-refractivity contribution in [3.8, 4) is 0 Å². The predicted molar refractivity (Wildman–Crippen MR) is 88.1 cm³/mol. The third kappa shape index (κ3) is 4.16. The van der Waals surface area contributed by atoms with Gasteiger partial charge in [-0.25, -0.2) is 0 Å². The van der Waals surface area contributed by atoms with Crippen molar-refractivity contribution in [3.05, 3.63) is 71.3 Å². The third-order valence-electron chi connectivity index (χ3n) is 4.20. The summed E-state index contributed by atoms with van der Waals surface area (Å²) in [5.74, 6) is 0. The smallest absolute Gasteiger partial charge is 0.0234 e. The second kappa shape index (κ2) is 6.88. The Balaban J connectivity index is 1.46. The van der Waals surface area contributed by atoms with Crippen LogP contribution >= 0.6 is 0 Å². The molecule has 2 aromatic carbocycles. The highest BCUT2D eigenvalue weighted by atomic mass is 15.2. The van der Waals surface area contributed by atoms with Crippen LogP contribution in [0.5, 0.6) is 0 Å². The molecule has 1 aliphatic heterocycles. The van der Waals surface area contributed by atoms with Gasteiger partial charge in [0, 0.05) is 32.2 Å². The summed E-state index contributed by atoms with van der Waals surface area (Å²) in [6, 6.07) is 20.1. The summed E-state index contributed by atoms with van der Waals surface area (Å²) >= 11 is 0. The molecule has 21 heavy (non-hydrogen) atoms. The van der Waals surface area contributed by atoms with Crippen LogP contribution in [0.4, 0.5) is 0 Å². The van der Waals surface area contributed by atoms with Crippen LogP contribution in [0.25, 0.3) is 0 Å². The van der Waals surface area contributed by atoms with Gasteiger partial charge in [-0.3, -0.25) is 4.90 Å². The second-order valence-corrected chi connectivity index (χ2v) is 6.08. The quantitative estimate of drug-likeness (QED) is 0.903. The molecule has 2 aromatic rings. The predicted octanol–water partition coefficient (Wildman–Crippen LogP) is 3.36. The maximum absolute atomic E-state index is 3.70. The number of benzene rings is 2. The Morgan fingerprint density at radius 1 is 1.05 bits per heavy atom. The minimum atomic E-state index is 0.620. The first-order valence-corrected chi connectivity index (χ1v) is 7.85. The van der Waals surface area contributed by atoms with E-state index in [0.29, 0.717) is 6.04 Å². The van der Waals surface area contributed by atoms with E-state index in [4.69, 9.17) is 0 Å². The molecule has 0 bridgehead atoms. The normalized spacial score (nSPS) is 19.0. The summed E-state index contributed by atoms with van der Waals surface area (Å²) in [5.41, 5.74) is 4.14. The number of hydrogen-bond donors (Lipinski definition) is 1. The van der Waals surface area contributed by atoms with E-state index in [1.54, 1.807) is 0 Å². The summed E-state index contributed by atoms with van der Waals surface area (Å²) in [5, 5.41) is 3.70. The molecule has 0 spiro atoms. The molecule has 0 amide bonds. The molecule has 0 radical (unpaired) electrons. The van der Waals surface area contributed by atoms with Crippen molar-refractivity contribution < 1.29 is 0 Å². The summed E-state index contributed by atoms with van der Waals surface area (Å²) in [6.07, 6.45) is 1.25. The molecular formula is C19H24N2. The number of aryl methyl sites for hydroxylation is 1. The summed E-state index contributed by atoms with van der Waals surface area (Å²) in [6.45, 7) is 6.55. The van der Waals surface area contributed by atoms with E-state index in [1.807, 2.05) is 0 Å². The van der Waals surface area contributed by atoms with Crippen LogP contribution in [-0.4, -0.2) is 24.0 Å². The van der Waals surface area contributed by atoms with Crippen LogP contribution in [0.15, 0.2) is 54.6 Å².